The number of nitrogens with one attached hydrogen (secondary N) is 1. The molecule has 1 heterocycles. The number of nitriles is 1. The molecular weight excluding hydrogens is 208 g/mol. The van der Waals surface area contributed by atoms with Crippen molar-refractivity contribution in [3.63, 3.8) is 0 Å². The molecule has 0 aliphatic heterocycles. The molecular formula is C11H14N2OS. The molecule has 4 heteroatoms. The molecule has 1 N–H and O–H groups in total. The number of nitrogens with zero attached hydrogens (tertiary/aromatic N) is 1. The van der Waals surface area contributed by atoms with Crippen LogP contribution in [-0.2, 0) is 6.42 Å². The van der Waals surface area contributed by atoms with Crippen LogP contribution in [0.1, 0.15) is 35.3 Å². The van der Waals surface area contributed by atoms with Gasteiger partial charge in [-0.1, -0.05) is 6.92 Å². The van der Waals surface area contributed by atoms with Gasteiger partial charge in [-0.2, -0.15) is 5.26 Å². The first-order valence-corrected chi connectivity index (χ1v) is 5.62. The Labute approximate surface area is 93.7 Å². The number of hydrogen-bond acceptors (Lipinski definition) is 3. The van der Waals surface area contributed by atoms with E-state index in [9.17, 15) is 4.79 Å². The van der Waals surface area contributed by atoms with E-state index in [4.69, 9.17) is 5.26 Å². The van der Waals surface area contributed by atoms with Crippen LogP contribution in [0.3, 0.4) is 0 Å². The van der Waals surface area contributed by atoms with E-state index in [0.29, 0.717) is 4.88 Å². The zero-order valence-electron chi connectivity index (χ0n) is 9.13. The van der Waals surface area contributed by atoms with Crippen molar-refractivity contribution < 1.29 is 4.79 Å². The van der Waals surface area contributed by atoms with E-state index in [0.717, 1.165) is 6.42 Å². The zero-order valence-corrected chi connectivity index (χ0v) is 9.94. The SMILES string of the molecule is CCc1ccc(C(=O)NC(C)(C)C#N)s1. The van der Waals surface area contributed by atoms with Crippen molar-refractivity contribution in [2.45, 2.75) is 32.7 Å². The van der Waals surface area contributed by atoms with Gasteiger partial charge < -0.3 is 5.32 Å². The predicted octanol–water partition coefficient (Wildman–Crippen LogP) is 2.34. The van der Waals surface area contributed by atoms with E-state index in [1.54, 1.807) is 19.9 Å². The number of aryl methyl sites for hydroxylation is 1. The fourth-order valence-corrected chi connectivity index (χ4v) is 1.91. The van der Waals surface area contributed by atoms with Crippen molar-refractivity contribution in [1.29, 1.82) is 5.26 Å². The standard InChI is InChI=1S/C11H14N2OS/c1-4-8-5-6-9(15-8)10(14)13-11(2,3)7-12/h5-6H,4H2,1-3H3,(H,13,14). The van der Waals surface area contributed by atoms with Gasteiger partial charge in [0.05, 0.1) is 10.9 Å². The highest BCUT2D eigenvalue weighted by Gasteiger charge is 2.20. The summed E-state index contributed by atoms with van der Waals surface area (Å²) in [5.41, 5.74) is -0.812. The first kappa shape index (κ1) is 11.7. The Bertz CT molecular complexity index is 401. The molecule has 0 saturated heterocycles. The van der Waals surface area contributed by atoms with Crippen molar-refractivity contribution in [2.75, 3.05) is 0 Å². The van der Waals surface area contributed by atoms with Gasteiger partial charge in [-0.15, -0.1) is 11.3 Å². The van der Waals surface area contributed by atoms with Gasteiger partial charge in [0.15, 0.2) is 0 Å². The third kappa shape index (κ3) is 3.07. The molecule has 0 aliphatic carbocycles. The van der Waals surface area contributed by atoms with Crippen LogP contribution in [0.15, 0.2) is 12.1 Å². The highest BCUT2D eigenvalue weighted by atomic mass is 32.1. The molecule has 1 aromatic heterocycles. The molecule has 0 fully saturated rings. The Morgan fingerprint density at radius 2 is 2.27 bits per heavy atom. The quantitative estimate of drug-likeness (QED) is 0.853. The fraction of sp³-hybridized carbons (Fsp3) is 0.455. The third-order valence-corrected chi connectivity index (χ3v) is 3.17. The van der Waals surface area contributed by atoms with Crippen LogP contribution in [0, 0.1) is 11.3 Å². The van der Waals surface area contributed by atoms with Gasteiger partial charge in [0.1, 0.15) is 5.54 Å². The van der Waals surface area contributed by atoms with Gasteiger partial charge >= 0.3 is 0 Å². The van der Waals surface area contributed by atoms with Gasteiger partial charge in [-0.3, -0.25) is 4.79 Å². The Morgan fingerprint density at radius 1 is 1.60 bits per heavy atom. The first-order chi connectivity index (χ1) is 6.98. The van der Waals surface area contributed by atoms with Crippen LogP contribution in [-0.4, -0.2) is 11.4 Å². The molecule has 1 aromatic rings. The maximum atomic E-state index is 11.7. The minimum atomic E-state index is -0.812. The highest BCUT2D eigenvalue weighted by Crippen LogP contribution is 2.17. The monoisotopic (exact) mass is 222 g/mol. The van der Waals surface area contributed by atoms with E-state index < -0.39 is 5.54 Å². The second-order valence-electron chi connectivity index (χ2n) is 3.81. The summed E-state index contributed by atoms with van der Waals surface area (Å²) in [6, 6.07) is 5.78. The van der Waals surface area contributed by atoms with E-state index >= 15 is 0 Å². The Hall–Kier alpha value is -1.34. The topological polar surface area (TPSA) is 52.9 Å². The van der Waals surface area contributed by atoms with E-state index in [1.807, 2.05) is 19.1 Å². The minimum Gasteiger partial charge on any atom is -0.334 e. The second kappa shape index (κ2) is 4.45. The van der Waals surface area contributed by atoms with E-state index in [2.05, 4.69) is 5.32 Å². The lowest BCUT2D eigenvalue weighted by Crippen LogP contribution is -2.41. The molecule has 0 radical (unpaired) electrons. The summed E-state index contributed by atoms with van der Waals surface area (Å²) >= 11 is 1.47. The molecule has 0 atom stereocenters. The maximum absolute atomic E-state index is 11.7. The van der Waals surface area contributed by atoms with Gasteiger partial charge in [0, 0.05) is 4.88 Å². The summed E-state index contributed by atoms with van der Waals surface area (Å²) < 4.78 is 0. The fourth-order valence-electron chi connectivity index (χ4n) is 1.06. The third-order valence-electron chi connectivity index (χ3n) is 1.94. The van der Waals surface area contributed by atoms with Crippen molar-refractivity contribution in [3.05, 3.63) is 21.9 Å². The smallest absolute Gasteiger partial charge is 0.262 e. The molecule has 1 amide bonds. The Morgan fingerprint density at radius 3 is 2.73 bits per heavy atom. The average Bonchev–Trinajstić information content (AvgIpc) is 2.65. The molecule has 0 aromatic carbocycles. The van der Waals surface area contributed by atoms with Crippen molar-refractivity contribution in [3.8, 4) is 6.07 Å². The summed E-state index contributed by atoms with van der Waals surface area (Å²) in [7, 11) is 0. The van der Waals surface area contributed by atoms with Crippen LogP contribution >= 0.6 is 11.3 Å². The molecule has 0 aliphatic rings. The molecule has 0 unspecified atom stereocenters. The Kier molecular flexibility index (Phi) is 3.48. The van der Waals surface area contributed by atoms with Crippen LogP contribution in [0.4, 0.5) is 0 Å². The summed E-state index contributed by atoms with van der Waals surface area (Å²) in [5.74, 6) is -0.175. The molecule has 0 saturated carbocycles. The minimum absolute atomic E-state index is 0.175. The van der Waals surface area contributed by atoms with Crippen LogP contribution in [0.2, 0.25) is 0 Å². The zero-order chi connectivity index (χ0) is 11.5. The number of carbonyl (C=O) groups is 1. The van der Waals surface area contributed by atoms with Crippen LogP contribution in [0.25, 0.3) is 0 Å². The molecule has 3 nitrogen and oxygen atoms in total. The van der Waals surface area contributed by atoms with Gasteiger partial charge in [-0.05, 0) is 32.4 Å². The maximum Gasteiger partial charge on any atom is 0.262 e. The van der Waals surface area contributed by atoms with Crippen molar-refractivity contribution >= 4 is 17.2 Å². The highest BCUT2D eigenvalue weighted by molar-refractivity contribution is 7.14. The van der Waals surface area contributed by atoms with Crippen molar-refractivity contribution in [2.24, 2.45) is 0 Å². The van der Waals surface area contributed by atoms with Crippen LogP contribution < -0.4 is 5.32 Å². The number of thiophene rings is 1. The number of amides is 1. The number of carbonyl (C=O) groups excluding carboxylic acids is 1. The Balaban J connectivity index is 2.74. The molecule has 0 bridgehead atoms. The van der Waals surface area contributed by atoms with E-state index in [1.165, 1.54) is 16.2 Å². The molecule has 15 heavy (non-hydrogen) atoms. The lowest BCUT2D eigenvalue weighted by molar-refractivity contribution is 0.0933. The summed E-state index contributed by atoms with van der Waals surface area (Å²) in [5, 5.41) is 11.4. The van der Waals surface area contributed by atoms with Crippen LogP contribution in [0.5, 0.6) is 0 Å². The molecule has 1 rings (SSSR count). The second-order valence-corrected chi connectivity index (χ2v) is 4.98. The normalized spacial score (nSPS) is 10.8. The number of hydrogen-bond donors (Lipinski definition) is 1. The summed E-state index contributed by atoms with van der Waals surface area (Å²) in [4.78, 5) is 13.5. The van der Waals surface area contributed by atoms with Gasteiger partial charge in [-0.25, -0.2) is 0 Å². The van der Waals surface area contributed by atoms with Gasteiger partial charge in [0.25, 0.3) is 5.91 Å². The van der Waals surface area contributed by atoms with Gasteiger partial charge in [0.2, 0.25) is 0 Å². The average molecular weight is 222 g/mol. The summed E-state index contributed by atoms with van der Waals surface area (Å²) in [6.07, 6.45) is 0.930. The van der Waals surface area contributed by atoms with E-state index in [-0.39, 0.29) is 5.91 Å². The molecule has 0 spiro atoms. The summed E-state index contributed by atoms with van der Waals surface area (Å²) in [6.45, 7) is 5.41. The lowest BCUT2D eigenvalue weighted by atomic mass is 10.1. The largest absolute Gasteiger partial charge is 0.334 e. The lowest BCUT2D eigenvalue weighted by Gasteiger charge is -2.16. The van der Waals surface area contributed by atoms with Crippen molar-refractivity contribution in [1.82, 2.24) is 5.32 Å². The number of rotatable bonds is 3. The predicted molar refractivity (Wildman–Crippen MR) is 60.9 cm³/mol. The first-order valence-electron chi connectivity index (χ1n) is 4.81. The molecule has 80 valence electrons.